The second-order valence-electron chi connectivity index (χ2n) is 4.52. The smallest absolute Gasteiger partial charge is 0.338 e. The van der Waals surface area contributed by atoms with Gasteiger partial charge in [-0.3, -0.25) is 4.90 Å². The fourth-order valence-electron chi connectivity index (χ4n) is 2.10. The van der Waals surface area contributed by atoms with Crippen molar-refractivity contribution < 1.29 is 14.3 Å². The highest BCUT2D eigenvalue weighted by molar-refractivity contribution is 5.96. The third-order valence-electron chi connectivity index (χ3n) is 3.24. The first kappa shape index (κ1) is 14.5. The normalized spacial score (nSPS) is 16.9. The fraction of sp³-hybridized carbons (Fsp3) is 0.429. The van der Waals surface area contributed by atoms with E-state index in [0.717, 1.165) is 31.5 Å². The van der Waals surface area contributed by atoms with Gasteiger partial charge in [-0.05, 0) is 13.3 Å². The van der Waals surface area contributed by atoms with Gasteiger partial charge in [-0.25, -0.2) is 9.78 Å². The summed E-state index contributed by atoms with van der Waals surface area (Å²) in [5.41, 5.74) is 1.40. The van der Waals surface area contributed by atoms with E-state index in [1.807, 2.05) is 0 Å². The van der Waals surface area contributed by atoms with Crippen molar-refractivity contribution in [3.63, 3.8) is 0 Å². The number of hydrogen-bond acceptors (Lipinski definition) is 5. The number of ether oxygens (including phenoxy) is 2. The molecule has 6 heteroatoms. The number of carbonyl (C=O) groups excluding carboxylic acids is 1. The Labute approximate surface area is 118 Å². The van der Waals surface area contributed by atoms with Crippen LogP contribution in [-0.4, -0.2) is 47.3 Å². The summed E-state index contributed by atoms with van der Waals surface area (Å²) in [6, 6.07) is 0. The van der Waals surface area contributed by atoms with Crippen molar-refractivity contribution >= 4 is 11.5 Å². The lowest BCUT2D eigenvalue weighted by Gasteiger charge is -2.15. The van der Waals surface area contributed by atoms with Crippen LogP contribution in [0.1, 0.15) is 19.2 Å². The summed E-state index contributed by atoms with van der Waals surface area (Å²) in [6.07, 6.45) is 5.25. The lowest BCUT2D eigenvalue weighted by atomic mass is 10.1. The van der Waals surface area contributed by atoms with Crippen LogP contribution < -0.4 is 0 Å². The molecule has 0 amide bonds. The van der Waals surface area contributed by atoms with Crippen molar-refractivity contribution in [2.75, 3.05) is 26.4 Å². The SMILES string of the molecule is C=COC(=O)C(C)=C(CCN1CCOC1)c1ncc[nH]1. The molecular formula is C14H19N3O3. The Hall–Kier alpha value is -1.92. The molecule has 0 radical (unpaired) electrons. The standard InChI is InChI=1S/C14H19N3O3/c1-3-20-14(18)11(2)12(13-15-5-6-16-13)4-7-17-8-9-19-10-17/h3,5-6H,1,4,7-10H2,2H3,(H,15,16). The van der Waals surface area contributed by atoms with Gasteiger partial charge in [0.25, 0.3) is 0 Å². The summed E-state index contributed by atoms with van der Waals surface area (Å²) in [5.74, 6) is 0.299. The first-order chi connectivity index (χ1) is 9.72. The van der Waals surface area contributed by atoms with E-state index in [1.165, 1.54) is 0 Å². The van der Waals surface area contributed by atoms with Crippen LogP contribution in [0.25, 0.3) is 5.57 Å². The van der Waals surface area contributed by atoms with Gasteiger partial charge in [-0.2, -0.15) is 0 Å². The van der Waals surface area contributed by atoms with E-state index >= 15 is 0 Å². The Morgan fingerprint density at radius 1 is 1.70 bits per heavy atom. The van der Waals surface area contributed by atoms with Crippen molar-refractivity contribution in [2.24, 2.45) is 0 Å². The lowest BCUT2D eigenvalue weighted by Crippen LogP contribution is -2.22. The molecule has 0 unspecified atom stereocenters. The Morgan fingerprint density at radius 3 is 3.15 bits per heavy atom. The zero-order chi connectivity index (χ0) is 14.4. The number of aromatic nitrogens is 2. The molecule has 1 N–H and O–H groups in total. The molecule has 2 heterocycles. The zero-order valence-corrected chi connectivity index (χ0v) is 11.6. The molecule has 1 aromatic heterocycles. The quantitative estimate of drug-likeness (QED) is 0.485. The third kappa shape index (κ3) is 3.55. The van der Waals surface area contributed by atoms with E-state index in [0.29, 0.717) is 24.5 Å². The Morgan fingerprint density at radius 2 is 2.55 bits per heavy atom. The highest BCUT2D eigenvalue weighted by Crippen LogP contribution is 2.21. The van der Waals surface area contributed by atoms with Crippen molar-refractivity contribution in [1.82, 2.24) is 14.9 Å². The van der Waals surface area contributed by atoms with Gasteiger partial charge in [0.15, 0.2) is 0 Å². The van der Waals surface area contributed by atoms with Gasteiger partial charge in [-0.1, -0.05) is 6.58 Å². The summed E-state index contributed by atoms with van der Waals surface area (Å²) >= 11 is 0. The first-order valence-electron chi connectivity index (χ1n) is 6.54. The minimum Gasteiger partial charge on any atom is -0.432 e. The molecule has 6 nitrogen and oxygen atoms in total. The minimum atomic E-state index is -0.399. The molecule has 1 fully saturated rings. The minimum absolute atomic E-state index is 0.399. The molecule has 0 bridgehead atoms. The van der Waals surface area contributed by atoms with Gasteiger partial charge in [0.05, 0.1) is 19.6 Å². The van der Waals surface area contributed by atoms with E-state index in [1.54, 1.807) is 19.3 Å². The van der Waals surface area contributed by atoms with Crippen LogP contribution in [0.5, 0.6) is 0 Å². The maximum absolute atomic E-state index is 11.8. The summed E-state index contributed by atoms with van der Waals surface area (Å²) in [6.45, 7) is 8.27. The molecule has 1 aromatic rings. The van der Waals surface area contributed by atoms with Crippen LogP contribution in [0.15, 0.2) is 30.8 Å². The average molecular weight is 277 g/mol. The van der Waals surface area contributed by atoms with Gasteiger partial charge in [0.1, 0.15) is 5.82 Å². The predicted octanol–water partition coefficient (Wildman–Crippen LogP) is 1.55. The number of nitrogens with zero attached hydrogens (tertiary/aromatic N) is 2. The molecule has 0 aliphatic carbocycles. The molecule has 20 heavy (non-hydrogen) atoms. The molecule has 1 aliphatic rings. The highest BCUT2D eigenvalue weighted by Gasteiger charge is 2.18. The van der Waals surface area contributed by atoms with Gasteiger partial charge >= 0.3 is 5.97 Å². The van der Waals surface area contributed by atoms with Crippen molar-refractivity contribution in [3.8, 4) is 0 Å². The second kappa shape index (κ2) is 7.02. The van der Waals surface area contributed by atoms with Gasteiger partial charge < -0.3 is 14.5 Å². The van der Waals surface area contributed by atoms with Crippen LogP contribution >= 0.6 is 0 Å². The Balaban J connectivity index is 2.13. The summed E-state index contributed by atoms with van der Waals surface area (Å²) < 4.78 is 10.1. The van der Waals surface area contributed by atoms with Crippen molar-refractivity contribution in [2.45, 2.75) is 13.3 Å². The zero-order valence-electron chi connectivity index (χ0n) is 11.6. The third-order valence-corrected chi connectivity index (χ3v) is 3.24. The van der Waals surface area contributed by atoms with Crippen LogP contribution in [-0.2, 0) is 14.3 Å². The number of H-pyrrole nitrogens is 1. The molecule has 0 saturated carbocycles. The lowest BCUT2D eigenvalue weighted by molar-refractivity contribution is -0.133. The Kier molecular flexibility index (Phi) is 5.09. The molecule has 1 saturated heterocycles. The molecule has 2 rings (SSSR count). The van der Waals surface area contributed by atoms with Crippen LogP contribution in [0, 0.1) is 0 Å². The van der Waals surface area contributed by atoms with Crippen LogP contribution in [0.4, 0.5) is 0 Å². The molecule has 108 valence electrons. The van der Waals surface area contributed by atoms with E-state index in [4.69, 9.17) is 9.47 Å². The Bertz CT molecular complexity index is 488. The second-order valence-corrected chi connectivity index (χ2v) is 4.52. The molecular weight excluding hydrogens is 258 g/mol. The maximum Gasteiger partial charge on any atom is 0.338 e. The number of carbonyl (C=O) groups is 1. The summed E-state index contributed by atoms with van der Waals surface area (Å²) in [7, 11) is 0. The maximum atomic E-state index is 11.8. The van der Waals surface area contributed by atoms with E-state index in [2.05, 4.69) is 21.4 Å². The molecule has 0 spiro atoms. The van der Waals surface area contributed by atoms with E-state index < -0.39 is 5.97 Å². The predicted molar refractivity (Wildman–Crippen MR) is 74.5 cm³/mol. The van der Waals surface area contributed by atoms with E-state index in [9.17, 15) is 4.79 Å². The van der Waals surface area contributed by atoms with Gasteiger partial charge in [-0.15, -0.1) is 0 Å². The molecule has 1 aliphatic heterocycles. The summed E-state index contributed by atoms with van der Waals surface area (Å²) in [5, 5.41) is 0. The van der Waals surface area contributed by atoms with E-state index in [-0.39, 0.29) is 0 Å². The van der Waals surface area contributed by atoms with Crippen LogP contribution in [0.3, 0.4) is 0 Å². The van der Waals surface area contributed by atoms with Gasteiger partial charge in [0.2, 0.25) is 0 Å². The monoisotopic (exact) mass is 277 g/mol. The highest BCUT2D eigenvalue weighted by atomic mass is 16.5. The topological polar surface area (TPSA) is 67.4 Å². The number of aromatic amines is 1. The van der Waals surface area contributed by atoms with Gasteiger partial charge in [0, 0.05) is 36.6 Å². The van der Waals surface area contributed by atoms with Crippen molar-refractivity contribution in [1.29, 1.82) is 0 Å². The van der Waals surface area contributed by atoms with Crippen LogP contribution in [0.2, 0.25) is 0 Å². The number of hydrogen-bond donors (Lipinski definition) is 1. The number of esters is 1. The fourth-order valence-corrected chi connectivity index (χ4v) is 2.10. The number of rotatable bonds is 6. The summed E-state index contributed by atoms with van der Waals surface area (Å²) in [4.78, 5) is 21.3. The largest absolute Gasteiger partial charge is 0.432 e. The molecule has 0 atom stereocenters. The van der Waals surface area contributed by atoms with Crippen molar-refractivity contribution in [3.05, 3.63) is 36.6 Å². The average Bonchev–Trinajstić information content (AvgIpc) is 3.12. The number of imidazole rings is 1. The number of nitrogens with one attached hydrogen (secondary N) is 1. The molecule has 0 aromatic carbocycles. The first-order valence-corrected chi connectivity index (χ1v) is 6.54.